The number of pyridine rings is 1. The molecule has 33 heavy (non-hydrogen) atoms. The van der Waals surface area contributed by atoms with Gasteiger partial charge < -0.3 is 25.8 Å². The second-order valence-corrected chi connectivity index (χ2v) is 7.33. The van der Waals surface area contributed by atoms with Crippen LogP contribution < -0.4 is 16.0 Å². The highest BCUT2D eigenvalue weighted by molar-refractivity contribution is 5.83. The van der Waals surface area contributed by atoms with Crippen LogP contribution in [0.4, 0.5) is 26.5 Å². The quantitative estimate of drug-likeness (QED) is 0.363. The molecule has 0 bridgehead atoms. The van der Waals surface area contributed by atoms with E-state index in [4.69, 9.17) is 9.84 Å². The van der Waals surface area contributed by atoms with Crippen molar-refractivity contribution in [3.05, 3.63) is 41.8 Å². The first kappa shape index (κ1) is 23.7. The van der Waals surface area contributed by atoms with Crippen molar-refractivity contribution in [2.45, 2.75) is 39.4 Å². The number of fused-ring (bicyclic) bond motifs is 1. The predicted molar refractivity (Wildman–Crippen MR) is 122 cm³/mol. The maximum Gasteiger partial charge on any atom is 0.404 e. The van der Waals surface area contributed by atoms with Crippen LogP contribution in [-0.2, 0) is 11.3 Å². The van der Waals surface area contributed by atoms with Crippen molar-refractivity contribution < 1.29 is 19.0 Å². The van der Waals surface area contributed by atoms with E-state index in [-0.39, 0.29) is 23.8 Å². The highest BCUT2D eigenvalue weighted by Crippen LogP contribution is 2.26. The molecule has 2 atom stereocenters. The van der Waals surface area contributed by atoms with Crippen LogP contribution in [-0.4, -0.2) is 51.3 Å². The first-order valence-electron chi connectivity index (χ1n) is 10.5. The Kier molecular flexibility index (Phi) is 7.63. The smallest absolute Gasteiger partial charge is 0.404 e. The maximum atomic E-state index is 14.7. The second kappa shape index (κ2) is 10.6. The zero-order valence-electron chi connectivity index (χ0n) is 18.6. The molecule has 1 amide bonds. The molecule has 2 heterocycles. The SMILES string of the molecule is CCOC[C@@H](Nc1nc(Nc2ccc3c(cnn3CC)c2)c(C#N)cc1F)[C@H](C)NC(=O)O. The average Bonchev–Trinajstić information content (AvgIpc) is 3.20. The van der Waals surface area contributed by atoms with E-state index in [0.29, 0.717) is 12.3 Å². The van der Waals surface area contributed by atoms with Gasteiger partial charge in [0.05, 0.1) is 36.0 Å². The molecule has 0 spiro atoms. The van der Waals surface area contributed by atoms with Crippen LogP contribution in [0.5, 0.6) is 0 Å². The van der Waals surface area contributed by atoms with E-state index in [1.54, 1.807) is 20.0 Å². The number of amides is 1. The standard InChI is InChI=1S/C22H26FN7O3/c1-4-30-19-7-6-16(8-15(19)11-25-30)27-20-14(10-24)9-17(23)21(29-20)28-18(12-33-5-2)13(3)26-22(31)32/h6-9,11,13,18,26H,4-5,12H2,1-3H3,(H,31,32)(H2,27,28,29)/t13-,18+/m0/s1. The van der Waals surface area contributed by atoms with Gasteiger partial charge in [-0.2, -0.15) is 10.4 Å². The van der Waals surface area contributed by atoms with Crippen LogP contribution in [0.3, 0.4) is 0 Å². The van der Waals surface area contributed by atoms with E-state index in [9.17, 15) is 14.4 Å². The van der Waals surface area contributed by atoms with Gasteiger partial charge in [-0.1, -0.05) is 0 Å². The van der Waals surface area contributed by atoms with Crippen molar-refractivity contribution >= 4 is 34.3 Å². The lowest BCUT2D eigenvalue weighted by atomic mass is 10.1. The molecule has 0 aliphatic carbocycles. The van der Waals surface area contributed by atoms with Gasteiger partial charge in [0.1, 0.15) is 6.07 Å². The van der Waals surface area contributed by atoms with Crippen LogP contribution in [0.1, 0.15) is 26.3 Å². The molecule has 174 valence electrons. The summed E-state index contributed by atoms with van der Waals surface area (Å²) < 4.78 is 22.0. The Morgan fingerprint density at radius 3 is 2.79 bits per heavy atom. The summed E-state index contributed by atoms with van der Waals surface area (Å²) in [6.45, 7) is 6.71. The van der Waals surface area contributed by atoms with Gasteiger partial charge in [0.15, 0.2) is 17.5 Å². The summed E-state index contributed by atoms with van der Waals surface area (Å²) in [6, 6.07) is 7.43. The Morgan fingerprint density at radius 1 is 1.33 bits per heavy atom. The number of nitrogens with zero attached hydrogens (tertiary/aromatic N) is 4. The molecule has 2 aromatic heterocycles. The minimum Gasteiger partial charge on any atom is -0.465 e. The summed E-state index contributed by atoms with van der Waals surface area (Å²) in [5, 5.41) is 32.0. The molecule has 0 aliphatic rings. The van der Waals surface area contributed by atoms with Crippen LogP contribution in [0.2, 0.25) is 0 Å². The molecular weight excluding hydrogens is 429 g/mol. The third kappa shape index (κ3) is 5.67. The predicted octanol–water partition coefficient (Wildman–Crippen LogP) is 3.68. The number of carbonyl (C=O) groups is 1. The van der Waals surface area contributed by atoms with E-state index >= 15 is 0 Å². The summed E-state index contributed by atoms with van der Waals surface area (Å²) in [5.74, 6) is -0.696. The van der Waals surface area contributed by atoms with Gasteiger partial charge in [0, 0.05) is 24.2 Å². The van der Waals surface area contributed by atoms with Gasteiger partial charge in [0.2, 0.25) is 0 Å². The first-order valence-corrected chi connectivity index (χ1v) is 10.5. The molecule has 0 unspecified atom stereocenters. The van der Waals surface area contributed by atoms with Gasteiger partial charge in [-0.05, 0) is 45.0 Å². The summed E-state index contributed by atoms with van der Waals surface area (Å²) in [5.41, 5.74) is 1.66. The van der Waals surface area contributed by atoms with Crippen LogP contribution in [0.25, 0.3) is 10.9 Å². The van der Waals surface area contributed by atoms with Gasteiger partial charge in [-0.25, -0.2) is 14.2 Å². The number of hydrogen-bond acceptors (Lipinski definition) is 7. The fourth-order valence-electron chi connectivity index (χ4n) is 3.35. The second-order valence-electron chi connectivity index (χ2n) is 7.33. The number of rotatable bonds is 10. The summed E-state index contributed by atoms with van der Waals surface area (Å²) in [6.07, 6.45) is 0.540. The van der Waals surface area contributed by atoms with Crippen molar-refractivity contribution in [1.82, 2.24) is 20.1 Å². The molecule has 3 aromatic rings. The molecule has 0 saturated carbocycles. The minimum absolute atomic E-state index is 0.0282. The van der Waals surface area contributed by atoms with E-state index in [2.05, 4.69) is 26.0 Å². The van der Waals surface area contributed by atoms with Gasteiger partial charge in [0.25, 0.3) is 0 Å². The number of halogens is 1. The van der Waals surface area contributed by atoms with Gasteiger partial charge in [-0.15, -0.1) is 0 Å². The first-order chi connectivity index (χ1) is 15.9. The van der Waals surface area contributed by atoms with Crippen molar-refractivity contribution in [2.75, 3.05) is 23.8 Å². The number of aromatic nitrogens is 3. The Balaban J connectivity index is 1.90. The molecule has 3 rings (SSSR count). The third-order valence-corrected chi connectivity index (χ3v) is 5.08. The average molecular weight is 455 g/mol. The summed E-state index contributed by atoms with van der Waals surface area (Å²) in [7, 11) is 0. The monoisotopic (exact) mass is 455 g/mol. The van der Waals surface area contributed by atoms with Gasteiger partial charge >= 0.3 is 6.09 Å². The van der Waals surface area contributed by atoms with Crippen LogP contribution in [0, 0.1) is 17.1 Å². The van der Waals surface area contributed by atoms with Crippen molar-refractivity contribution in [2.24, 2.45) is 0 Å². The van der Waals surface area contributed by atoms with Gasteiger partial charge in [-0.3, -0.25) is 4.68 Å². The van der Waals surface area contributed by atoms with E-state index in [0.717, 1.165) is 23.5 Å². The normalized spacial score (nSPS) is 12.7. The lowest BCUT2D eigenvalue weighted by Gasteiger charge is -2.26. The Bertz CT molecular complexity index is 1170. The van der Waals surface area contributed by atoms with Crippen LogP contribution in [0.15, 0.2) is 30.5 Å². The Labute approximate surface area is 190 Å². The fourth-order valence-corrected chi connectivity index (χ4v) is 3.35. The maximum absolute atomic E-state index is 14.7. The number of nitrogens with one attached hydrogen (secondary N) is 3. The summed E-state index contributed by atoms with van der Waals surface area (Å²) in [4.78, 5) is 15.3. The lowest BCUT2D eigenvalue weighted by Crippen LogP contribution is -2.47. The minimum atomic E-state index is -1.21. The third-order valence-electron chi connectivity index (χ3n) is 5.08. The van der Waals surface area contributed by atoms with Crippen molar-refractivity contribution in [1.29, 1.82) is 5.26 Å². The zero-order valence-corrected chi connectivity index (χ0v) is 18.6. The topological polar surface area (TPSA) is 137 Å². The van der Waals surface area contributed by atoms with Crippen molar-refractivity contribution in [3.8, 4) is 6.07 Å². The number of benzene rings is 1. The Hall–Kier alpha value is -3.91. The highest BCUT2D eigenvalue weighted by atomic mass is 19.1. The molecule has 4 N–H and O–H groups in total. The molecule has 0 saturated heterocycles. The Morgan fingerprint density at radius 2 is 2.12 bits per heavy atom. The summed E-state index contributed by atoms with van der Waals surface area (Å²) >= 11 is 0. The number of aryl methyl sites for hydroxylation is 1. The van der Waals surface area contributed by atoms with E-state index in [1.807, 2.05) is 35.9 Å². The zero-order chi connectivity index (χ0) is 24.0. The molecular formula is C22H26FN7O3. The molecule has 10 nitrogen and oxygen atoms in total. The number of anilines is 3. The van der Waals surface area contributed by atoms with E-state index < -0.39 is 24.0 Å². The number of hydrogen-bond donors (Lipinski definition) is 4. The van der Waals surface area contributed by atoms with Crippen molar-refractivity contribution in [3.63, 3.8) is 0 Å². The van der Waals surface area contributed by atoms with Crippen LogP contribution >= 0.6 is 0 Å². The fraction of sp³-hybridized carbons (Fsp3) is 0.364. The lowest BCUT2D eigenvalue weighted by molar-refractivity contribution is 0.127. The van der Waals surface area contributed by atoms with E-state index in [1.165, 1.54) is 0 Å². The largest absolute Gasteiger partial charge is 0.465 e. The molecule has 0 radical (unpaired) electrons. The number of nitriles is 1. The number of carboxylic acid groups (broad SMARTS) is 1. The molecule has 1 aromatic carbocycles. The molecule has 0 aliphatic heterocycles. The number of ether oxygens (including phenoxy) is 1. The molecule has 11 heteroatoms. The molecule has 0 fully saturated rings. The highest BCUT2D eigenvalue weighted by Gasteiger charge is 2.22.